The molecular formula is C13H14N2O2. The zero-order valence-corrected chi connectivity index (χ0v) is 9.43. The summed E-state index contributed by atoms with van der Waals surface area (Å²) in [7, 11) is 0. The Morgan fingerprint density at radius 1 is 1.41 bits per heavy atom. The van der Waals surface area contributed by atoms with Crippen LogP contribution in [0.3, 0.4) is 0 Å². The molecule has 1 unspecified atom stereocenters. The molecule has 4 heteroatoms. The average Bonchev–Trinajstić information content (AvgIpc) is 2.91. The lowest BCUT2D eigenvalue weighted by Gasteiger charge is -2.26. The molecule has 0 radical (unpaired) electrons. The maximum absolute atomic E-state index is 5.72. The third-order valence-electron chi connectivity index (χ3n) is 3.11. The molecule has 0 bridgehead atoms. The van der Waals surface area contributed by atoms with Gasteiger partial charge in [-0.05, 0) is 23.6 Å². The van der Waals surface area contributed by atoms with Crippen LogP contribution in [-0.4, -0.2) is 18.1 Å². The van der Waals surface area contributed by atoms with Gasteiger partial charge >= 0.3 is 0 Å². The number of nitrogens with two attached hydrogens (primary N) is 1. The van der Waals surface area contributed by atoms with Crippen molar-refractivity contribution >= 4 is 0 Å². The summed E-state index contributed by atoms with van der Waals surface area (Å²) in [6, 6.07) is 6.09. The predicted molar refractivity (Wildman–Crippen MR) is 63.4 cm³/mol. The van der Waals surface area contributed by atoms with Crippen LogP contribution in [0.25, 0.3) is 11.5 Å². The first kappa shape index (κ1) is 10.5. The van der Waals surface area contributed by atoms with Crippen LogP contribution < -0.4 is 5.73 Å². The molecule has 3 rings (SSSR count). The van der Waals surface area contributed by atoms with Gasteiger partial charge in [0.05, 0.1) is 18.9 Å². The predicted octanol–water partition coefficient (Wildman–Crippen LogP) is 1.91. The lowest BCUT2D eigenvalue weighted by atomic mass is 9.93. The topological polar surface area (TPSA) is 61.3 Å². The maximum atomic E-state index is 5.72. The van der Waals surface area contributed by atoms with E-state index in [0.29, 0.717) is 19.0 Å². The summed E-state index contributed by atoms with van der Waals surface area (Å²) in [6.45, 7) is 1.20. The smallest absolute Gasteiger partial charge is 0.226 e. The van der Waals surface area contributed by atoms with Crippen LogP contribution in [0.5, 0.6) is 0 Å². The third kappa shape index (κ3) is 1.75. The SMILES string of the molecule is NCC1OCCc2c(-c3ncco3)cccc21. The summed E-state index contributed by atoms with van der Waals surface area (Å²) in [6.07, 6.45) is 4.13. The van der Waals surface area contributed by atoms with Crippen molar-refractivity contribution in [1.29, 1.82) is 0 Å². The Bertz CT molecular complexity index is 508. The molecule has 0 spiro atoms. The van der Waals surface area contributed by atoms with Crippen molar-refractivity contribution in [3.63, 3.8) is 0 Å². The van der Waals surface area contributed by atoms with E-state index in [4.69, 9.17) is 14.9 Å². The molecule has 0 saturated carbocycles. The second-order valence-electron chi connectivity index (χ2n) is 4.06. The molecule has 17 heavy (non-hydrogen) atoms. The Hall–Kier alpha value is -1.65. The molecule has 1 aliphatic heterocycles. The highest BCUT2D eigenvalue weighted by molar-refractivity contribution is 5.61. The van der Waals surface area contributed by atoms with E-state index in [0.717, 1.165) is 17.5 Å². The van der Waals surface area contributed by atoms with E-state index in [2.05, 4.69) is 11.1 Å². The number of aromatic nitrogens is 1. The number of nitrogens with zero attached hydrogens (tertiary/aromatic N) is 1. The van der Waals surface area contributed by atoms with Crippen molar-refractivity contribution in [1.82, 2.24) is 4.98 Å². The fraction of sp³-hybridized carbons (Fsp3) is 0.308. The largest absolute Gasteiger partial charge is 0.445 e. The molecule has 2 heterocycles. The highest BCUT2D eigenvalue weighted by Crippen LogP contribution is 2.33. The highest BCUT2D eigenvalue weighted by atomic mass is 16.5. The van der Waals surface area contributed by atoms with Crippen LogP contribution in [0.2, 0.25) is 0 Å². The van der Waals surface area contributed by atoms with E-state index in [1.807, 2.05) is 12.1 Å². The molecule has 0 amide bonds. The summed E-state index contributed by atoms with van der Waals surface area (Å²) < 4.78 is 11.0. The summed E-state index contributed by atoms with van der Waals surface area (Å²) in [5, 5.41) is 0. The van der Waals surface area contributed by atoms with E-state index in [1.165, 1.54) is 5.56 Å². The second kappa shape index (κ2) is 4.31. The minimum atomic E-state index is -0.00587. The van der Waals surface area contributed by atoms with Crippen molar-refractivity contribution in [2.45, 2.75) is 12.5 Å². The minimum absolute atomic E-state index is 0.00587. The van der Waals surface area contributed by atoms with Crippen molar-refractivity contribution < 1.29 is 9.15 Å². The molecule has 2 aromatic rings. The van der Waals surface area contributed by atoms with E-state index < -0.39 is 0 Å². The van der Waals surface area contributed by atoms with Gasteiger partial charge in [0.2, 0.25) is 5.89 Å². The zero-order valence-electron chi connectivity index (χ0n) is 9.43. The van der Waals surface area contributed by atoms with Crippen molar-refractivity contribution in [2.75, 3.05) is 13.2 Å². The molecule has 0 fully saturated rings. The number of ether oxygens (including phenoxy) is 1. The fourth-order valence-corrected chi connectivity index (χ4v) is 2.33. The lowest BCUT2D eigenvalue weighted by Crippen LogP contribution is -2.23. The van der Waals surface area contributed by atoms with Crippen molar-refractivity contribution in [3.05, 3.63) is 41.8 Å². The number of oxazole rings is 1. The minimum Gasteiger partial charge on any atom is -0.445 e. The average molecular weight is 230 g/mol. The number of benzene rings is 1. The van der Waals surface area contributed by atoms with Gasteiger partial charge in [-0.3, -0.25) is 0 Å². The fourth-order valence-electron chi connectivity index (χ4n) is 2.33. The summed E-state index contributed by atoms with van der Waals surface area (Å²) in [5.74, 6) is 0.666. The molecule has 2 N–H and O–H groups in total. The molecule has 1 aromatic carbocycles. The van der Waals surface area contributed by atoms with Crippen LogP contribution in [0, 0.1) is 0 Å². The number of hydrogen-bond acceptors (Lipinski definition) is 4. The molecule has 0 saturated heterocycles. The number of fused-ring (bicyclic) bond motifs is 1. The molecule has 88 valence electrons. The van der Waals surface area contributed by atoms with Gasteiger partial charge in [0.15, 0.2) is 0 Å². The Labute approximate surface area is 99.4 Å². The van der Waals surface area contributed by atoms with Crippen LogP contribution in [0.15, 0.2) is 35.1 Å². The first-order chi connectivity index (χ1) is 8.40. The summed E-state index contributed by atoms with van der Waals surface area (Å²) >= 11 is 0. The zero-order chi connectivity index (χ0) is 11.7. The Balaban J connectivity index is 2.12. The van der Waals surface area contributed by atoms with Gasteiger partial charge in [-0.25, -0.2) is 4.98 Å². The van der Waals surface area contributed by atoms with Crippen LogP contribution >= 0.6 is 0 Å². The molecule has 0 aliphatic carbocycles. The Morgan fingerprint density at radius 3 is 3.12 bits per heavy atom. The quantitative estimate of drug-likeness (QED) is 0.856. The van der Waals surface area contributed by atoms with Crippen molar-refractivity contribution in [3.8, 4) is 11.5 Å². The lowest BCUT2D eigenvalue weighted by molar-refractivity contribution is 0.0486. The number of hydrogen-bond donors (Lipinski definition) is 1. The Morgan fingerprint density at radius 2 is 2.35 bits per heavy atom. The van der Waals surface area contributed by atoms with E-state index in [9.17, 15) is 0 Å². The monoisotopic (exact) mass is 230 g/mol. The summed E-state index contributed by atoms with van der Waals surface area (Å²) in [4.78, 5) is 4.21. The van der Waals surface area contributed by atoms with Crippen molar-refractivity contribution in [2.24, 2.45) is 5.73 Å². The molecule has 1 aliphatic rings. The van der Waals surface area contributed by atoms with Gasteiger partial charge in [-0.2, -0.15) is 0 Å². The molecule has 1 aromatic heterocycles. The Kier molecular flexibility index (Phi) is 2.66. The van der Waals surface area contributed by atoms with Crippen LogP contribution in [0.1, 0.15) is 17.2 Å². The van der Waals surface area contributed by atoms with Gasteiger partial charge in [-0.1, -0.05) is 12.1 Å². The van der Waals surface area contributed by atoms with Gasteiger partial charge in [0.25, 0.3) is 0 Å². The molecular weight excluding hydrogens is 216 g/mol. The number of rotatable bonds is 2. The second-order valence-corrected chi connectivity index (χ2v) is 4.06. The van der Waals surface area contributed by atoms with E-state index >= 15 is 0 Å². The highest BCUT2D eigenvalue weighted by Gasteiger charge is 2.23. The first-order valence-electron chi connectivity index (χ1n) is 5.73. The van der Waals surface area contributed by atoms with E-state index in [1.54, 1.807) is 12.5 Å². The van der Waals surface area contributed by atoms with Gasteiger partial charge in [-0.15, -0.1) is 0 Å². The van der Waals surface area contributed by atoms with Gasteiger partial charge < -0.3 is 14.9 Å². The van der Waals surface area contributed by atoms with Crippen LogP contribution in [0.4, 0.5) is 0 Å². The van der Waals surface area contributed by atoms with Gasteiger partial charge in [0, 0.05) is 12.1 Å². The third-order valence-corrected chi connectivity index (χ3v) is 3.11. The van der Waals surface area contributed by atoms with Crippen LogP contribution in [-0.2, 0) is 11.2 Å². The van der Waals surface area contributed by atoms with E-state index in [-0.39, 0.29) is 6.10 Å². The summed E-state index contributed by atoms with van der Waals surface area (Å²) in [5.41, 5.74) is 9.18. The molecule has 1 atom stereocenters. The standard InChI is InChI=1S/C13H14N2O2/c14-8-12-10-2-1-3-11(9(10)4-6-16-12)13-15-5-7-17-13/h1-3,5,7,12H,4,6,8,14H2. The molecule has 4 nitrogen and oxygen atoms in total. The first-order valence-corrected chi connectivity index (χ1v) is 5.73. The van der Waals surface area contributed by atoms with Gasteiger partial charge in [0.1, 0.15) is 6.26 Å². The maximum Gasteiger partial charge on any atom is 0.226 e. The normalized spacial score (nSPS) is 19.0.